The summed E-state index contributed by atoms with van der Waals surface area (Å²) >= 11 is 0. The molecule has 0 spiro atoms. The first kappa shape index (κ1) is 13.4. The van der Waals surface area contributed by atoms with E-state index in [0.29, 0.717) is 6.42 Å². The molecule has 0 aromatic rings. The molecule has 0 aliphatic heterocycles. The average molecular weight is 199 g/mol. The second kappa shape index (κ2) is 6.00. The number of aliphatic hydroxyl groups is 1. The van der Waals surface area contributed by atoms with Crippen LogP contribution in [0.3, 0.4) is 0 Å². The average Bonchev–Trinajstić information content (AvgIpc) is 2.16. The molecule has 0 bridgehead atoms. The molecule has 0 radical (unpaired) electrons. The third-order valence-corrected chi connectivity index (χ3v) is 2.52. The van der Waals surface area contributed by atoms with Crippen LogP contribution in [-0.4, -0.2) is 22.9 Å². The van der Waals surface area contributed by atoms with Gasteiger partial charge in [0.1, 0.15) is 0 Å². The minimum absolute atomic E-state index is 0.291. The van der Waals surface area contributed by atoms with Crippen LogP contribution in [0.15, 0.2) is 0 Å². The molecule has 0 aliphatic carbocycles. The second-order valence-electron chi connectivity index (χ2n) is 3.77. The molecule has 82 valence electrons. The van der Waals surface area contributed by atoms with Crippen LogP contribution in [0.25, 0.3) is 0 Å². The molecular formula is C11H21NO2. The maximum atomic E-state index is 9.31. The smallest absolute Gasteiger partial charge is 0.154 e. The van der Waals surface area contributed by atoms with Crippen molar-refractivity contribution in [2.24, 2.45) is 0 Å². The minimum atomic E-state index is -0.717. The van der Waals surface area contributed by atoms with Gasteiger partial charge in [-0.25, -0.2) is 0 Å². The SMILES string of the molecule is CCCC(C#N)(CC)OC(C)C(C)O. The number of rotatable bonds is 6. The van der Waals surface area contributed by atoms with E-state index in [2.05, 4.69) is 6.07 Å². The van der Waals surface area contributed by atoms with E-state index in [1.165, 1.54) is 0 Å². The van der Waals surface area contributed by atoms with Gasteiger partial charge in [0, 0.05) is 0 Å². The molecule has 14 heavy (non-hydrogen) atoms. The van der Waals surface area contributed by atoms with Gasteiger partial charge in [-0.1, -0.05) is 20.3 Å². The zero-order chi connectivity index (χ0) is 11.2. The molecule has 0 aromatic heterocycles. The predicted octanol–water partition coefficient (Wildman–Crippen LogP) is 2.24. The lowest BCUT2D eigenvalue weighted by molar-refractivity contribution is -0.100. The van der Waals surface area contributed by atoms with Crippen molar-refractivity contribution in [2.75, 3.05) is 0 Å². The first-order valence-corrected chi connectivity index (χ1v) is 5.28. The topological polar surface area (TPSA) is 53.2 Å². The van der Waals surface area contributed by atoms with Crippen LogP contribution in [0.1, 0.15) is 47.0 Å². The number of ether oxygens (including phenoxy) is 1. The quantitative estimate of drug-likeness (QED) is 0.713. The maximum Gasteiger partial charge on any atom is 0.154 e. The summed E-state index contributed by atoms with van der Waals surface area (Å²) in [4.78, 5) is 0. The zero-order valence-corrected chi connectivity index (χ0v) is 9.58. The van der Waals surface area contributed by atoms with Crippen molar-refractivity contribution in [1.29, 1.82) is 5.26 Å². The Balaban J connectivity index is 4.43. The maximum absolute atomic E-state index is 9.31. The van der Waals surface area contributed by atoms with E-state index < -0.39 is 11.7 Å². The first-order chi connectivity index (χ1) is 6.51. The molecular weight excluding hydrogens is 178 g/mol. The summed E-state index contributed by atoms with van der Waals surface area (Å²) in [6.07, 6.45) is 1.46. The van der Waals surface area contributed by atoms with Gasteiger partial charge in [0.15, 0.2) is 5.60 Å². The summed E-state index contributed by atoms with van der Waals surface area (Å²) in [5.41, 5.74) is -0.717. The summed E-state index contributed by atoms with van der Waals surface area (Å²) in [6.45, 7) is 7.43. The third-order valence-electron chi connectivity index (χ3n) is 2.52. The highest BCUT2D eigenvalue weighted by Gasteiger charge is 2.31. The van der Waals surface area contributed by atoms with Gasteiger partial charge in [0.2, 0.25) is 0 Å². The Bertz CT molecular complexity index is 198. The van der Waals surface area contributed by atoms with Crippen LogP contribution in [0.5, 0.6) is 0 Å². The molecule has 1 N–H and O–H groups in total. The van der Waals surface area contributed by atoms with E-state index >= 15 is 0 Å². The third kappa shape index (κ3) is 3.65. The van der Waals surface area contributed by atoms with E-state index in [-0.39, 0.29) is 6.10 Å². The molecule has 0 rings (SSSR count). The van der Waals surface area contributed by atoms with E-state index in [1.807, 2.05) is 13.8 Å². The second-order valence-corrected chi connectivity index (χ2v) is 3.77. The Hall–Kier alpha value is -0.590. The van der Waals surface area contributed by atoms with Crippen molar-refractivity contribution in [3.63, 3.8) is 0 Å². The molecule has 0 saturated heterocycles. The van der Waals surface area contributed by atoms with Crippen LogP contribution >= 0.6 is 0 Å². The standard InChI is InChI=1S/C11H21NO2/c1-5-7-11(6-2,8-12)14-10(4)9(3)13/h9-10,13H,5-7H2,1-4H3. The van der Waals surface area contributed by atoms with E-state index in [1.54, 1.807) is 13.8 Å². The lowest BCUT2D eigenvalue weighted by atomic mass is 9.96. The van der Waals surface area contributed by atoms with Gasteiger partial charge in [-0.15, -0.1) is 0 Å². The lowest BCUT2D eigenvalue weighted by Crippen LogP contribution is -2.37. The molecule has 0 saturated carbocycles. The highest BCUT2D eigenvalue weighted by Crippen LogP contribution is 2.24. The van der Waals surface area contributed by atoms with Gasteiger partial charge < -0.3 is 9.84 Å². The fraction of sp³-hybridized carbons (Fsp3) is 0.909. The monoisotopic (exact) mass is 199 g/mol. The van der Waals surface area contributed by atoms with Gasteiger partial charge >= 0.3 is 0 Å². The molecule has 0 aromatic carbocycles. The summed E-state index contributed by atoms with van der Waals surface area (Å²) in [6, 6.07) is 2.22. The molecule has 3 atom stereocenters. The molecule has 0 fully saturated rings. The molecule has 3 nitrogen and oxygen atoms in total. The summed E-state index contributed by atoms with van der Waals surface area (Å²) < 4.78 is 5.63. The van der Waals surface area contributed by atoms with Gasteiger partial charge in [-0.05, 0) is 26.7 Å². The number of nitrogens with zero attached hydrogens (tertiary/aromatic N) is 1. The van der Waals surface area contributed by atoms with Gasteiger partial charge in [0.05, 0.1) is 18.3 Å². The van der Waals surface area contributed by atoms with Crippen LogP contribution in [-0.2, 0) is 4.74 Å². The Morgan fingerprint density at radius 3 is 2.29 bits per heavy atom. The zero-order valence-electron chi connectivity index (χ0n) is 9.58. The van der Waals surface area contributed by atoms with Crippen LogP contribution in [0, 0.1) is 11.3 Å². The fourth-order valence-corrected chi connectivity index (χ4v) is 1.34. The summed E-state index contributed by atoms with van der Waals surface area (Å²) in [7, 11) is 0. The fourth-order valence-electron chi connectivity index (χ4n) is 1.34. The van der Waals surface area contributed by atoms with E-state index in [9.17, 15) is 5.11 Å². The Morgan fingerprint density at radius 1 is 1.43 bits per heavy atom. The van der Waals surface area contributed by atoms with Crippen molar-refractivity contribution >= 4 is 0 Å². The van der Waals surface area contributed by atoms with E-state index in [4.69, 9.17) is 10.00 Å². The van der Waals surface area contributed by atoms with Gasteiger partial charge in [-0.3, -0.25) is 0 Å². The van der Waals surface area contributed by atoms with E-state index in [0.717, 1.165) is 12.8 Å². The van der Waals surface area contributed by atoms with Crippen molar-refractivity contribution in [1.82, 2.24) is 0 Å². The Kier molecular flexibility index (Phi) is 5.75. The molecule has 3 heteroatoms. The lowest BCUT2D eigenvalue weighted by Gasteiger charge is -2.30. The Labute approximate surface area is 86.7 Å². The Morgan fingerprint density at radius 2 is 2.00 bits per heavy atom. The van der Waals surface area contributed by atoms with Crippen LogP contribution < -0.4 is 0 Å². The predicted molar refractivity (Wildman–Crippen MR) is 55.8 cm³/mol. The van der Waals surface area contributed by atoms with Crippen LogP contribution in [0.4, 0.5) is 0 Å². The minimum Gasteiger partial charge on any atom is -0.391 e. The van der Waals surface area contributed by atoms with Crippen molar-refractivity contribution in [2.45, 2.75) is 64.8 Å². The molecule has 0 aliphatic rings. The summed E-state index contributed by atoms with van der Waals surface area (Å²) in [5.74, 6) is 0. The summed E-state index contributed by atoms with van der Waals surface area (Å²) in [5, 5.41) is 18.4. The molecule has 0 amide bonds. The largest absolute Gasteiger partial charge is 0.391 e. The van der Waals surface area contributed by atoms with Gasteiger partial charge in [-0.2, -0.15) is 5.26 Å². The number of hydrogen-bond donors (Lipinski definition) is 1. The van der Waals surface area contributed by atoms with Crippen molar-refractivity contribution in [3.8, 4) is 6.07 Å². The van der Waals surface area contributed by atoms with Crippen LogP contribution in [0.2, 0.25) is 0 Å². The number of aliphatic hydroxyl groups excluding tert-OH is 1. The first-order valence-electron chi connectivity index (χ1n) is 5.28. The van der Waals surface area contributed by atoms with Crippen molar-refractivity contribution in [3.05, 3.63) is 0 Å². The molecule has 0 heterocycles. The highest BCUT2D eigenvalue weighted by molar-refractivity contribution is 5.01. The highest BCUT2D eigenvalue weighted by atomic mass is 16.5. The molecule has 3 unspecified atom stereocenters. The van der Waals surface area contributed by atoms with Crippen molar-refractivity contribution < 1.29 is 9.84 Å². The van der Waals surface area contributed by atoms with Gasteiger partial charge in [0.25, 0.3) is 0 Å². The number of nitriles is 1. The number of hydrogen-bond acceptors (Lipinski definition) is 3. The normalized spacial score (nSPS) is 19.4.